The van der Waals surface area contributed by atoms with Gasteiger partial charge in [-0.1, -0.05) is 25.2 Å². The summed E-state index contributed by atoms with van der Waals surface area (Å²) in [5, 5.41) is 12.3. The van der Waals surface area contributed by atoms with E-state index in [4.69, 9.17) is 4.74 Å². The van der Waals surface area contributed by atoms with Crippen LogP contribution in [0.25, 0.3) is 0 Å². The first-order valence-electron chi connectivity index (χ1n) is 7.90. The van der Waals surface area contributed by atoms with Crippen LogP contribution in [0.3, 0.4) is 0 Å². The highest BCUT2D eigenvalue weighted by Gasteiger charge is 2.14. The third-order valence-corrected chi connectivity index (χ3v) is 4.65. The van der Waals surface area contributed by atoms with E-state index in [1.807, 2.05) is 0 Å². The number of aromatic nitrogens is 2. The molecule has 2 rings (SSSR count). The van der Waals surface area contributed by atoms with Crippen molar-refractivity contribution in [3.05, 3.63) is 34.8 Å². The van der Waals surface area contributed by atoms with Gasteiger partial charge in [0.05, 0.1) is 0 Å². The molecule has 1 N–H and O–H groups in total. The van der Waals surface area contributed by atoms with Gasteiger partial charge in [-0.05, 0) is 44.0 Å². The first kappa shape index (κ1) is 18.1. The molecule has 128 valence electrons. The molecule has 0 unspecified atom stereocenters. The van der Waals surface area contributed by atoms with Crippen LogP contribution >= 0.6 is 11.3 Å². The number of rotatable bonds is 8. The highest BCUT2D eigenvalue weighted by atomic mass is 32.1. The number of Topliss-reactive ketones (excluding diaryl/α,β-unsaturated/α-hetero) is 1. The SMILES string of the molecule is CCC(CC)c1nnc(NC(=O)COc2ccc(C(C)=O)cc2)s1. The molecule has 1 aromatic carbocycles. The molecule has 0 saturated carbocycles. The molecule has 0 bridgehead atoms. The van der Waals surface area contributed by atoms with Crippen molar-refractivity contribution in [1.82, 2.24) is 10.2 Å². The zero-order valence-corrected chi connectivity index (χ0v) is 14.9. The van der Waals surface area contributed by atoms with E-state index in [9.17, 15) is 9.59 Å². The summed E-state index contributed by atoms with van der Waals surface area (Å²) in [5.41, 5.74) is 0.606. The van der Waals surface area contributed by atoms with Crippen molar-refractivity contribution in [3.8, 4) is 5.75 Å². The number of nitrogens with zero attached hydrogens (tertiary/aromatic N) is 2. The minimum absolute atomic E-state index is 0.0103. The van der Waals surface area contributed by atoms with E-state index >= 15 is 0 Å². The number of carbonyl (C=O) groups is 2. The van der Waals surface area contributed by atoms with Crippen LogP contribution in [-0.2, 0) is 4.79 Å². The first-order chi connectivity index (χ1) is 11.5. The van der Waals surface area contributed by atoms with Gasteiger partial charge in [-0.25, -0.2) is 0 Å². The van der Waals surface area contributed by atoms with Gasteiger partial charge < -0.3 is 4.74 Å². The fourth-order valence-corrected chi connectivity index (χ4v) is 3.20. The summed E-state index contributed by atoms with van der Waals surface area (Å²) in [7, 11) is 0. The predicted molar refractivity (Wildman–Crippen MR) is 93.8 cm³/mol. The van der Waals surface area contributed by atoms with Crippen molar-refractivity contribution in [2.45, 2.75) is 39.5 Å². The zero-order chi connectivity index (χ0) is 17.5. The minimum atomic E-state index is -0.294. The number of amides is 1. The van der Waals surface area contributed by atoms with Gasteiger partial charge in [-0.15, -0.1) is 10.2 Å². The lowest BCUT2D eigenvalue weighted by atomic mass is 10.1. The van der Waals surface area contributed by atoms with Crippen LogP contribution < -0.4 is 10.1 Å². The van der Waals surface area contributed by atoms with Crippen LogP contribution in [-0.4, -0.2) is 28.5 Å². The molecule has 0 aliphatic carbocycles. The molecular formula is C17H21N3O3S. The Labute approximate surface area is 145 Å². The lowest BCUT2D eigenvalue weighted by Gasteiger charge is -2.06. The second kappa shape index (κ2) is 8.54. The standard InChI is InChI=1S/C17H21N3O3S/c1-4-12(5-2)16-19-20-17(24-16)18-15(22)10-23-14-8-6-13(7-9-14)11(3)21/h6-9,12H,4-5,10H2,1-3H3,(H,18,20,22). The van der Waals surface area contributed by atoms with E-state index in [0.29, 0.717) is 22.4 Å². The maximum atomic E-state index is 11.9. The summed E-state index contributed by atoms with van der Waals surface area (Å²) in [6.07, 6.45) is 2.00. The number of hydrogen-bond acceptors (Lipinski definition) is 6. The van der Waals surface area contributed by atoms with E-state index in [2.05, 4.69) is 29.4 Å². The van der Waals surface area contributed by atoms with Crippen LogP contribution in [0.4, 0.5) is 5.13 Å². The molecule has 0 spiro atoms. The lowest BCUT2D eigenvalue weighted by molar-refractivity contribution is -0.118. The Bertz CT molecular complexity index is 693. The summed E-state index contributed by atoms with van der Waals surface area (Å²) in [4.78, 5) is 23.1. The van der Waals surface area contributed by atoms with Crippen molar-refractivity contribution in [3.63, 3.8) is 0 Å². The number of nitrogens with one attached hydrogen (secondary N) is 1. The Balaban J connectivity index is 1.86. The molecule has 7 heteroatoms. The van der Waals surface area contributed by atoms with Crippen LogP contribution in [0.15, 0.2) is 24.3 Å². The van der Waals surface area contributed by atoms with E-state index in [0.717, 1.165) is 17.8 Å². The molecule has 0 aliphatic rings. The summed E-state index contributed by atoms with van der Waals surface area (Å²) in [6, 6.07) is 6.67. The molecule has 0 atom stereocenters. The van der Waals surface area contributed by atoms with Crippen LogP contribution in [0.1, 0.15) is 54.9 Å². The summed E-state index contributed by atoms with van der Waals surface area (Å²) >= 11 is 1.40. The fraction of sp³-hybridized carbons (Fsp3) is 0.412. The van der Waals surface area contributed by atoms with E-state index in [-0.39, 0.29) is 18.3 Å². The maximum Gasteiger partial charge on any atom is 0.264 e. The van der Waals surface area contributed by atoms with E-state index in [1.54, 1.807) is 24.3 Å². The Morgan fingerprint density at radius 3 is 2.42 bits per heavy atom. The van der Waals surface area contributed by atoms with E-state index in [1.165, 1.54) is 18.3 Å². The van der Waals surface area contributed by atoms with Gasteiger partial charge in [-0.2, -0.15) is 0 Å². The Morgan fingerprint density at radius 1 is 1.17 bits per heavy atom. The van der Waals surface area contributed by atoms with Crippen molar-refractivity contribution in [2.24, 2.45) is 0 Å². The Morgan fingerprint density at radius 2 is 1.83 bits per heavy atom. The summed E-state index contributed by atoms with van der Waals surface area (Å²) in [5.74, 6) is 0.607. The highest BCUT2D eigenvalue weighted by Crippen LogP contribution is 2.27. The highest BCUT2D eigenvalue weighted by molar-refractivity contribution is 7.15. The van der Waals surface area contributed by atoms with Gasteiger partial charge in [0, 0.05) is 11.5 Å². The monoisotopic (exact) mass is 347 g/mol. The van der Waals surface area contributed by atoms with Gasteiger partial charge in [0.1, 0.15) is 10.8 Å². The van der Waals surface area contributed by atoms with Crippen molar-refractivity contribution >= 4 is 28.2 Å². The van der Waals surface area contributed by atoms with Crippen LogP contribution in [0.2, 0.25) is 0 Å². The van der Waals surface area contributed by atoms with Crippen molar-refractivity contribution in [1.29, 1.82) is 0 Å². The van der Waals surface area contributed by atoms with Gasteiger partial charge >= 0.3 is 0 Å². The quantitative estimate of drug-likeness (QED) is 0.737. The smallest absolute Gasteiger partial charge is 0.264 e. The van der Waals surface area contributed by atoms with Gasteiger partial charge in [0.15, 0.2) is 12.4 Å². The molecule has 2 aromatic rings. The molecular weight excluding hydrogens is 326 g/mol. The number of hydrogen-bond donors (Lipinski definition) is 1. The topological polar surface area (TPSA) is 81.2 Å². The lowest BCUT2D eigenvalue weighted by Crippen LogP contribution is -2.20. The number of ketones is 1. The van der Waals surface area contributed by atoms with Crippen molar-refractivity contribution < 1.29 is 14.3 Å². The predicted octanol–water partition coefficient (Wildman–Crippen LogP) is 3.66. The number of anilines is 1. The molecule has 6 nitrogen and oxygen atoms in total. The summed E-state index contributed by atoms with van der Waals surface area (Å²) < 4.78 is 5.40. The molecule has 1 heterocycles. The number of ether oxygens (including phenoxy) is 1. The second-order valence-corrected chi connectivity index (χ2v) is 6.39. The van der Waals surface area contributed by atoms with Gasteiger partial charge in [-0.3, -0.25) is 14.9 Å². The van der Waals surface area contributed by atoms with Crippen molar-refractivity contribution in [2.75, 3.05) is 11.9 Å². The van der Waals surface area contributed by atoms with Crippen LogP contribution in [0.5, 0.6) is 5.75 Å². The average molecular weight is 347 g/mol. The largest absolute Gasteiger partial charge is 0.484 e. The molecule has 0 radical (unpaired) electrons. The second-order valence-electron chi connectivity index (χ2n) is 5.38. The van der Waals surface area contributed by atoms with Gasteiger partial charge in [0.2, 0.25) is 5.13 Å². The zero-order valence-electron chi connectivity index (χ0n) is 14.0. The summed E-state index contributed by atoms with van der Waals surface area (Å²) in [6.45, 7) is 5.60. The van der Waals surface area contributed by atoms with Gasteiger partial charge in [0.25, 0.3) is 5.91 Å². The molecule has 1 aromatic heterocycles. The third kappa shape index (κ3) is 4.86. The molecule has 1 amide bonds. The normalized spacial score (nSPS) is 10.7. The molecule has 0 aliphatic heterocycles. The third-order valence-electron chi connectivity index (χ3n) is 3.65. The first-order valence-corrected chi connectivity index (χ1v) is 8.72. The number of carbonyl (C=O) groups excluding carboxylic acids is 2. The minimum Gasteiger partial charge on any atom is -0.484 e. The molecule has 24 heavy (non-hydrogen) atoms. The van der Waals surface area contributed by atoms with Crippen LogP contribution in [0, 0.1) is 0 Å². The average Bonchev–Trinajstić information content (AvgIpc) is 3.02. The Kier molecular flexibility index (Phi) is 6.43. The molecule has 0 saturated heterocycles. The maximum absolute atomic E-state index is 11.9. The number of benzene rings is 1. The Hall–Kier alpha value is -2.28. The van der Waals surface area contributed by atoms with E-state index < -0.39 is 0 Å². The molecule has 0 fully saturated rings. The fourth-order valence-electron chi connectivity index (χ4n) is 2.18.